The Bertz CT molecular complexity index is 1740. The van der Waals surface area contributed by atoms with Crippen LogP contribution in [-0.2, 0) is 28.0 Å². The minimum atomic E-state index is -4.87. The van der Waals surface area contributed by atoms with Gasteiger partial charge in [0.25, 0.3) is 5.56 Å². The molecule has 0 radical (unpaired) electrons. The van der Waals surface area contributed by atoms with E-state index in [9.17, 15) is 19.4 Å². The molecule has 0 aliphatic carbocycles. The summed E-state index contributed by atoms with van der Waals surface area (Å²) in [6.07, 6.45) is -12.0. The normalized spacial score (nSPS) is 31.3. The van der Waals surface area contributed by atoms with E-state index in [1.54, 1.807) is 0 Å². The molecule has 4 aromatic heterocycles. The van der Waals surface area contributed by atoms with Gasteiger partial charge in [0.05, 0.1) is 12.7 Å². The van der Waals surface area contributed by atoms with Crippen LogP contribution in [0.2, 0.25) is 0 Å². The minimum absolute atomic E-state index is 0.0321. The summed E-state index contributed by atoms with van der Waals surface area (Å²) in [4.78, 5) is 44.6. The third-order valence-electron chi connectivity index (χ3n) is 6.59. The number of anilines is 2. The van der Waals surface area contributed by atoms with Crippen LogP contribution in [0.4, 0.5) is 20.5 Å². The summed E-state index contributed by atoms with van der Waals surface area (Å²) in [5.41, 5.74) is 10.7. The van der Waals surface area contributed by atoms with Gasteiger partial charge in [-0.2, -0.15) is 4.98 Å². The first kappa shape index (κ1) is 28.4. The highest BCUT2D eigenvalue weighted by atomic mass is 31.2. The third kappa shape index (κ3) is 4.78. The summed E-state index contributed by atoms with van der Waals surface area (Å²) < 4.78 is 71.9. The van der Waals surface area contributed by atoms with Gasteiger partial charge in [-0.25, -0.2) is 28.7 Å². The molecule has 5 unspecified atom stereocenters. The molecule has 6 rings (SSSR count). The van der Waals surface area contributed by atoms with Gasteiger partial charge in [-0.05, 0) is 0 Å². The molecule has 4 aromatic rings. The molecule has 19 nitrogen and oxygen atoms in total. The minimum Gasteiger partial charge on any atom is -0.385 e. The van der Waals surface area contributed by atoms with Crippen molar-refractivity contribution in [3.63, 3.8) is 0 Å². The van der Waals surface area contributed by atoms with Crippen molar-refractivity contribution >= 4 is 41.7 Å². The summed E-state index contributed by atoms with van der Waals surface area (Å²) in [5.74, 6) is -0.241. The van der Waals surface area contributed by atoms with Crippen LogP contribution in [0.5, 0.6) is 0 Å². The average Bonchev–Trinajstić information content (AvgIpc) is 3.69. The highest BCUT2D eigenvalue weighted by Gasteiger charge is 2.52. The lowest BCUT2D eigenvalue weighted by atomic mass is 10.2. The number of H-pyrrole nitrogens is 1. The fourth-order valence-electron chi connectivity index (χ4n) is 4.66. The van der Waals surface area contributed by atoms with E-state index in [0.717, 1.165) is 28.9 Å². The maximum atomic E-state index is 15.3. The topological polar surface area (TPSA) is 263 Å². The highest BCUT2D eigenvalue weighted by molar-refractivity contribution is 7.52. The van der Waals surface area contributed by atoms with Crippen molar-refractivity contribution in [2.45, 2.75) is 49.6 Å². The number of nitrogens with two attached hydrogens (primary N) is 2. The number of alkyl halides is 2. The molecule has 9 atom stereocenters. The van der Waals surface area contributed by atoms with Crippen LogP contribution in [0.25, 0.3) is 22.3 Å². The number of nitrogens with one attached hydrogen (secondary N) is 1. The smallest absolute Gasteiger partial charge is 0.354 e. The summed E-state index contributed by atoms with van der Waals surface area (Å²) in [5, 5.41) is 10.4. The number of methoxy groups -OCH3 is 1. The predicted octanol–water partition coefficient (Wildman–Crippen LogP) is -0.938. The highest BCUT2D eigenvalue weighted by Crippen LogP contribution is 2.50. The number of rotatable bonds is 8. The number of aromatic nitrogens is 8. The Hall–Kier alpha value is -3.69. The van der Waals surface area contributed by atoms with Gasteiger partial charge in [-0.15, -0.1) is 0 Å². The van der Waals surface area contributed by atoms with E-state index < -0.39 is 69.1 Å². The summed E-state index contributed by atoms with van der Waals surface area (Å²) in [6.45, 7) is 0. The third-order valence-corrected chi connectivity index (χ3v) is 7.63. The Morgan fingerprint density at radius 3 is 2.48 bits per heavy atom. The molecular formula is C20H23F2N10O9P. The second-order valence-electron chi connectivity index (χ2n) is 9.27. The largest absolute Gasteiger partial charge is 0.385 e. The van der Waals surface area contributed by atoms with E-state index in [0.29, 0.717) is 0 Å². The van der Waals surface area contributed by atoms with Crippen molar-refractivity contribution in [2.75, 3.05) is 24.9 Å². The van der Waals surface area contributed by atoms with Crippen LogP contribution >= 0.6 is 7.60 Å². The van der Waals surface area contributed by atoms with Crippen molar-refractivity contribution in [3.8, 4) is 0 Å². The standard InChI is InChI=1S/C20H23F2N10O9P/c1-37-18-7(22)11(17(40-18)32-4-28-9-14(32)29-20(24)30-15(9)34)41-42(35,36)5-38-19-10(33)6(21)16(39-19)31-3-27-8-12(23)25-2-26-13(8)31/h2-4,6-7,10-11,16-19,33H,5H2,1H3,(H,35,36)(H2,23,25,26)(H3,24,29,30,34)/t6?,7?,10?,11?,16-,17-,18+,19+/m1/s1. The van der Waals surface area contributed by atoms with Crippen molar-refractivity contribution in [1.82, 2.24) is 39.0 Å². The van der Waals surface area contributed by atoms with E-state index in [1.165, 1.54) is 6.33 Å². The maximum absolute atomic E-state index is 15.3. The number of nitrogen functional groups attached to an aromatic ring is 2. The van der Waals surface area contributed by atoms with Crippen molar-refractivity contribution in [1.29, 1.82) is 0 Å². The van der Waals surface area contributed by atoms with Gasteiger partial charge in [0.2, 0.25) is 5.95 Å². The average molecular weight is 616 g/mol. The molecule has 0 bridgehead atoms. The molecule has 42 heavy (non-hydrogen) atoms. The first-order chi connectivity index (χ1) is 20.0. The van der Waals surface area contributed by atoms with Crippen LogP contribution in [0, 0.1) is 0 Å². The number of hydrogen-bond donors (Lipinski definition) is 5. The van der Waals surface area contributed by atoms with E-state index in [1.807, 2.05) is 0 Å². The Kier molecular flexibility index (Phi) is 7.14. The first-order valence-electron chi connectivity index (χ1n) is 12.1. The number of aliphatic hydroxyl groups excluding tert-OH is 1. The molecule has 2 aliphatic heterocycles. The van der Waals surface area contributed by atoms with Crippen molar-refractivity contribution in [3.05, 3.63) is 29.3 Å². The van der Waals surface area contributed by atoms with Crippen LogP contribution in [0.15, 0.2) is 23.8 Å². The Labute approximate surface area is 231 Å². The number of aromatic amines is 1. The Morgan fingerprint density at radius 1 is 1.05 bits per heavy atom. The molecule has 7 N–H and O–H groups in total. The summed E-state index contributed by atoms with van der Waals surface area (Å²) in [6, 6.07) is 0. The van der Waals surface area contributed by atoms with Gasteiger partial charge in [-0.1, -0.05) is 0 Å². The lowest BCUT2D eigenvalue weighted by Crippen LogP contribution is -2.33. The van der Waals surface area contributed by atoms with E-state index in [2.05, 4.69) is 29.9 Å². The first-order valence-corrected chi connectivity index (χ1v) is 13.8. The molecule has 0 spiro atoms. The number of aliphatic hydroxyl groups is 1. The van der Waals surface area contributed by atoms with Crippen LogP contribution in [0.1, 0.15) is 12.5 Å². The number of nitrogens with zero attached hydrogens (tertiary/aromatic N) is 7. The van der Waals surface area contributed by atoms with Gasteiger partial charge in [0, 0.05) is 7.11 Å². The lowest BCUT2D eigenvalue weighted by Gasteiger charge is -2.24. The summed E-state index contributed by atoms with van der Waals surface area (Å²) >= 11 is 0. The number of halogens is 2. The molecule has 6 heterocycles. The van der Waals surface area contributed by atoms with E-state index >= 15 is 8.78 Å². The molecule has 226 valence electrons. The van der Waals surface area contributed by atoms with Crippen molar-refractivity contribution in [2.24, 2.45) is 0 Å². The number of imidazole rings is 2. The zero-order valence-corrected chi connectivity index (χ0v) is 22.2. The molecule has 2 saturated heterocycles. The van der Waals surface area contributed by atoms with E-state index in [4.69, 9.17) is 34.9 Å². The van der Waals surface area contributed by atoms with Crippen LogP contribution < -0.4 is 17.0 Å². The van der Waals surface area contributed by atoms with Gasteiger partial charge in [-0.3, -0.25) is 28.0 Å². The number of fused-ring (bicyclic) bond motifs is 2. The second-order valence-corrected chi connectivity index (χ2v) is 11.0. The monoisotopic (exact) mass is 616 g/mol. The van der Waals surface area contributed by atoms with Gasteiger partial charge < -0.3 is 40.4 Å². The fourth-order valence-corrected chi connectivity index (χ4v) is 5.66. The number of ether oxygens (including phenoxy) is 4. The zero-order chi connectivity index (χ0) is 29.9. The molecule has 2 fully saturated rings. The van der Waals surface area contributed by atoms with Crippen LogP contribution in [0.3, 0.4) is 0 Å². The summed E-state index contributed by atoms with van der Waals surface area (Å²) in [7, 11) is -3.74. The Balaban J connectivity index is 1.19. The Morgan fingerprint density at radius 2 is 1.74 bits per heavy atom. The predicted molar refractivity (Wildman–Crippen MR) is 134 cm³/mol. The molecule has 22 heteroatoms. The van der Waals surface area contributed by atoms with E-state index in [-0.39, 0.29) is 34.1 Å². The lowest BCUT2D eigenvalue weighted by molar-refractivity contribution is -0.168. The number of hydrogen-bond acceptors (Lipinski definition) is 15. The van der Waals surface area contributed by atoms with Crippen LogP contribution in [-0.4, -0.2) is 99.6 Å². The van der Waals surface area contributed by atoms with Gasteiger partial charge in [0.15, 0.2) is 66.4 Å². The van der Waals surface area contributed by atoms with Gasteiger partial charge >= 0.3 is 7.60 Å². The van der Waals surface area contributed by atoms with Gasteiger partial charge in [0.1, 0.15) is 24.1 Å². The molecular weight excluding hydrogens is 593 g/mol. The SMILES string of the molecule is CO[C@H]1O[C@@H](n2cnc3c(=O)[nH]c(N)nc32)C(OP(=O)(O)CO[C@H]2O[C@@H](n3cnc4c(N)ncnc43)C(F)C2O)C1F. The van der Waals surface area contributed by atoms with Crippen molar-refractivity contribution < 1.29 is 46.8 Å². The maximum Gasteiger partial charge on any atom is 0.354 e. The molecule has 0 saturated carbocycles. The molecule has 2 aliphatic rings. The molecule has 0 amide bonds. The second kappa shape index (κ2) is 10.5. The fraction of sp³-hybridized carbons (Fsp3) is 0.500. The molecule has 0 aromatic carbocycles. The quantitative estimate of drug-likeness (QED) is 0.150. The zero-order valence-electron chi connectivity index (χ0n) is 21.3.